The molecule has 3 N–H and O–H groups in total. The molecule has 0 aliphatic carbocycles. The number of esters is 1. The molecule has 3 amide bonds. The molecule has 0 saturated carbocycles. The fraction of sp³-hybridized carbons (Fsp3) is 0.143. The summed E-state index contributed by atoms with van der Waals surface area (Å²) >= 11 is 0. The molecule has 0 fully saturated rings. The Balaban J connectivity index is 1.86. The number of benzene rings is 2. The lowest BCUT2D eigenvalue weighted by Crippen LogP contribution is -2.37. The molecule has 8 nitrogen and oxygen atoms in total. The Hall–Kier alpha value is -3.94. The molecule has 0 aliphatic heterocycles. The lowest BCUT2D eigenvalue weighted by molar-refractivity contribution is -0.123. The molecule has 1 heterocycles. The zero-order valence-electron chi connectivity index (χ0n) is 15.8. The highest BCUT2D eigenvalue weighted by molar-refractivity contribution is 5.99. The molecule has 0 unspecified atom stereocenters. The summed E-state index contributed by atoms with van der Waals surface area (Å²) in [5.74, 6) is -1.53. The van der Waals surface area contributed by atoms with Crippen molar-refractivity contribution in [2.24, 2.45) is 5.73 Å². The minimum atomic E-state index is -1.01. The van der Waals surface area contributed by atoms with Gasteiger partial charge >= 0.3 is 12.0 Å². The minimum absolute atomic E-state index is 0.219. The average molecular weight is 392 g/mol. The summed E-state index contributed by atoms with van der Waals surface area (Å²) in [6.07, 6.45) is 1.58. The number of carbonyl (C=O) groups is 3. The van der Waals surface area contributed by atoms with Crippen molar-refractivity contribution in [1.82, 2.24) is 15.1 Å². The van der Waals surface area contributed by atoms with Gasteiger partial charge in [0.15, 0.2) is 6.61 Å². The molecule has 148 valence electrons. The third-order valence-corrected chi connectivity index (χ3v) is 4.09. The Morgan fingerprint density at radius 3 is 2.41 bits per heavy atom. The predicted molar refractivity (Wildman–Crippen MR) is 106 cm³/mol. The smallest absolute Gasteiger partial charge is 0.342 e. The highest BCUT2D eigenvalue weighted by Crippen LogP contribution is 2.24. The Kier molecular flexibility index (Phi) is 6.03. The number of primary amides is 1. The molecular weight excluding hydrogens is 372 g/mol. The van der Waals surface area contributed by atoms with Gasteiger partial charge in [-0.1, -0.05) is 60.2 Å². The summed E-state index contributed by atoms with van der Waals surface area (Å²) in [5.41, 5.74) is 8.38. The van der Waals surface area contributed by atoms with Gasteiger partial charge in [-0.15, -0.1) is 0 Å². The number of amides is 3. The first-order valence-corrected chi connectivity index (χ1v) is 8.87. The van der Waals surface area contributed by atoms with E-state index >= 15 is 0 Å². The number of aromatic nitrogens is 2. The van der Waals surface area contributed by atoms with Crippen LogP contribution in [0.15, 0.2) is 60.8 Å². The maximum atomic E-state index is 12.6. The van der Waals surface area contributed by atoms with E-state index in [0.717, 1.165) is 16.7 Å². The summed E-state index contributed by atoms with van der Waals surface area (Å²) in [6.45, 7) is 1.80. The number of aryl methyl sites for hydroxylation is 1. The van der Waals surface area contributed by atoms with Crippen molar-refractivity contribution in [2.75, 3.05) is 6.61 Å². The minimum Gasteiger partial charge on any atom is -0.452 e. The zero-order valence-corrected chi connectivity index (χ0v) is 15.8. The van der Waals surface area contributed by atoms with Crippen LogP contribution in [0.5, 0.6) is 0 Å². The van der Waals surface area contributed by atoms with Crippen molar-refractivity contribution in [3.63, 3.8) is 0 Å². The number of carbonyl (C=O) groups excluding carboxylic acids is 3. The Labute approximate surface area is 167 Å². The van der Waals surface area contributed by atoms with Crippen molar-refractivity contribution in [3.8, 4) is 11.3 Å². The molecule has 0 aliphatic rings. The maximum Gasteiger partial charge on any atom is 0.342 e. The normalized spacial score (nSPS) is 10.4. The van der Waals surface area contributed by atoms with Gasteiger partial charge in [0.1, 0.15) is 11.3 Å². The van der Waals surface area contributed by atoms with Crippen LogP contribution in [-0.4, -0.2) is 34.3 Å². The van der Waals surface area contributed by atoms with Gasteiger partial charge in [0.2, 0.25) is 0 Å². The van der Waals surface area contributed by atoms with Gasteiger partial charge < -0.3 is 10.5 Å². The number of hydrogen-bond acceptors (Lipinski definition) is 5. The van der Waals surface area contributed by atoms with E-state index in [9.17, 15) is 14.4 Å². The van der Waals surface area contributed by atoms with Crippen molar-refractivity contribution in [1.29, 1.82) is 0 Å². The van der Waals surface area contributed by atoms with Crippen LogP contribution in [-0.2, 0) is 16.1 Å². The van der Waals surface area contributed by atoms with Gasteiger partial charge in [-0.2, -0.15) is 5.10 Å². The second-order valence-electron chi connectivity index (χ2n) is 6.43. The van der Waals surface area contributed by atoms with Crippen molar-refractivity contribution in [2.45, 2.75) is 13.5 Å². The monoisotopic (exact) mass is 392 g/mol. The summed E-state index contributed by atoms with van der Waals surface area (Å²) in [5, 5.41) is 6.39. The van der Waals surface area contributed by atoms with Gasteiger partial charge in [-0.3, -0.25) is 14.8 Å². The Morgan fingerprint density at radius 2 is 1.76 bits per heavy atom. The molecular formula is C21H20N4O4. The number of rotatable bonds is 6. The van der Waals surface area contributed by atoms with Crippen LogP contribution in [0.3, 0.4) is 0 Å². The molecule has 0 bridgehead atoms. The third-order valence-electron chi connectivity index (χ3n) is 4.09. The lowest BCUT2D eigenvalue weighted by Gasteiger charge is -2.05. The van der Waals surface area contributed by atoms with Crippen molar-refractivity contribution in [3.05, 3.63) is 77.5 Å². The fourth-order valence-electron chi connectivity index (χ4n) is 2.73. The van der Waals surface area contributed by atoms with Gasteiger partial charge in [-0.25, -0.2) is 9.59 Å². The number of imide groups is 1. The number of ether oxygens (including phenoxy) is 1. The van der Waals surface area contributed by atoms with Crippen LogP contribution in [0.25, 0.3) is 11.3 Å². The van der Waals surface area contributed by atoms with E-state index in [-0.39, 0.29) is 5.56 Å². The van der Waals surface area contributed by atoms with Crippen LogP contribution < -0.4 is 11.1 Å². The van der Waals surface area contributed by atoms with Crippen LogP contribution in [0.2, 0.25) is 0 Å². The second kappa shape index (κ2) is 8.83. The maximum absolute atomic E-state index is 12.6. The molecule has 0 radical (unpaired) electrons. The Morgan fingerprint density at radius 1 is 1.07 bits per heavy atom. The highest BCUT2D eigenvalue weighted by atomic mass is 16.5. The third kappa shape index (κ3) is 5.29. The van der Waals surface area contributed by atoms with Crippen LogP contribution in [0.4, 0.5) is 4.79 Å². The highest BCUT2D eigenvalue weighted by Gasteiger charge is 2.20. The molecule has 0 spiro atoms. The van der Waals surface area contributed by atoms with Crippen LogP contribution in [0.1, 0.15) is 21.5 Å². The van der Waals surface area contributed by atoms with E-state index < -0.39 is 24.5 Å². The van der Waals surface area contributed by atoms with E-state index in [1.54, 1.807) is 10.9 Å². The first kappa shape index (κ1) is 19.8. The summed E-state index contributed by atoms with van der Waals surface area (Å²) in [7, 11) is 0. The number of nitrogens with one attached hydrogen (secondary N) is 1. The van der Waals surface area contributed by atoms with Crippen molar-refractivity contribution >= 4 is 17.9 Å². The average Bonchev–Trinajstić information content (AvgIpc) is 3.11. The summed E-state index contributed by atoms with van der Waals surface area (Å²) in [4.78, 5) is 34.8. The molecule has 8 heteroatoms. The zero-order chi connectivity index (χ0) is 20.8. The molecule has 1 aromatic heterocycles. The second-order valence-corrected chi connectivity index (χ2v) is 6.43. The molecule has 0 saturated heterocycles. The fourth-order valence-corrected chi connectivity index (χ4v) is 2.73. The van der Waals surface area contributed by atoms with E-state index in [1.165, 1.54) is 0 Å². The van der Waals surface area contributed by atoms with Gasteiger partial charge in [-0.05, 0) is 12.5 Å². The molecule has 3 rings (SSSR count). The standard InChI is InChI=1S/C21H20N4O4/c1-14-7-9-16(10-8-14)19-17(20(27)29-13-18(26)23-21(22)28)12-25(24-19)11-15-5-3-2-4-6-15/h2-10,12H,11,13H2,1H3,(H3,22,23,26,28). The number of nitrogens with two attached hydrogens (primary N) is 1. The largest absolute Gasteiger partial charge is 0.452 e. The first-order chi connectivity index (χ1) is 13.9. The first-order valence-electron chi connectivity index (χ1n) is 8.87. The van der Waals surface area contributed by atoms with E-state index in [0.29, 0.717) is 12.2 Å². The lowest BCUT2D eigenvalue weighted by atomic mass is 10.1. The van der Waals surface area contributed by atoms with Gasteiger partial charge in [0, 0.05) is 11.8 Å². The Bertz CT molecular complexity index is 1030. The van der Waals surface area contributed by atoms with Gasteiger partial charge in [0.05, 0.1) is 6.54 Å². The topological polar surface area (TPSA) is 116 Å². The summed E-state index contributed by atoms with van der Waals surface area (Å²) in [6, 6.07) is 16.2. The molecule has 2 aromatic carbocycles. The van der Waals surface area contributed by atoms with E-state index in [2.05, 4.69) is 5.10 Å². The van der Waals surface area contributed by atoms with Gasteiger partial charge in [0.25, 0.3) is 5.91 Å². The van der Waals surface area contributed by atoms with Crippen LogP contribution >= 0.6 is 0 Å². The van der Waals surface area contributed by atoms with Crippen molar-refractivity contribution < 1.29 is 19.1 Å². The molecule has 3 aromatic rings. The molecule has 29 heavy (non-hydrogen) atoms. The SMILES string of the molecule is Cc1ccc(-c2nn(Cc3ccccc3)cc2C(=O)OCC(=O)NC(N)=O)cc1. The number of nitrogens with zero attached hydrogens (tertiary/aromatic N) is 2. The van der Waals surface area contributed by atoms with E-state index in [4.69, 9.17) is 10.5 Å². The quantitative estimate of drug-likeness (QED) is 0.624. The predicted octanol–water partition coefficient (Wildman–Crippen LogP) is 2.26. The molecule has 0 atom stereocenters. The van der Waals surface area contributed by atoms with E-state index in [1.807, 2.05) is 66.8 Å². The number of urea groups is 1. The van der Waals surface area contributed by atoms with Crippen LogP contribution in [0, 0.1) is 6.92 Å². The number of hydrogen-bond donors (Lipinski definition) is 2. The summed E-state index contributed by atoms with van der Waals surface area (Å²) < 4.78 is 6.67.